The van der Waals surface area contributed by atoms with Gasteiger partial charge in [-0.1, -0.05) is 13.8 Å². The van der Waals surface area contributed by atoms with Crippen LogP contribution in [0.5, 0.6) is 0 Å². The van der Waals surface area contributed by atoms with Crippen LogP contribution in [-0.4, -0.2) is 34.1 Å². The lowest BCUT2D eigenvalue weighted by Crippen LogP contribution is -2.31. The summed E-state index contributed by atoms with van der Waals surface area (Å²) < 4.78 is 0. The molecule has 0 fully saturated rings. The van der Waals surface area contributed by atoms with E-state index < -0.39 is 12.2 Å². The molecule has 0 aliphatic heterocycles. The number of rotatable bonds is 4. The zero-order valence-corrected chi connectivity index (χ0v) is 6.49. The molecule has 10 heavy (non-hydrogen) atoms. The van der Waals surface area contributed by atoms with Crippen LogP contribution in [0, 0.1) is 5.92 Å². The highest BCUT2D eigenvalue weighted by Gasteiger charge is 2.19. The van der Waals surface area contributed by atoms with E-state index >= 15 is 0 Å². The van der Waals surface area contributed by atoms with Crippen molar-refractivity contribution in [3.8, 4) is 0 Å². The molecule has 3 heteroatoms. The van der Waals surface area contributed by atoms with E-state index in [0.717, 1.165) is 0 Å². The Hall–Kier alpha value is -0.120. The van der Waals surface area contributed by atoms with Crippen molar-refractivity contribution in [3.63, 3.8) is 0 Å². The zero-order valence-electron chi connectivity index (χ0n) is 6.49. The molecule has 3 unspecified atom stereocenters. The van der Waals surface area contributed by atoms with Gasteiger partial charge in [0.15, 0.2) is 0 Å². The molecule has 0 aromatic rings. The summed E-state index contributed by atoms with van der Waals surface area (Å²) in [5.41, 5.74) is 0. The van der Waals surface area contributed by atoms with Crippen LogP contribution in [0.1, 0.15) is 20.3 Å². The topological polar surface area (TPSA) is 60.7 Å². The molecule has 3 atom stereocenters. The molecule has 0 spiro atoms. The molecule has 3 N–H and O–H groups in total. The van der Waals surface area contributed by atoms with E-state index in [0.29, 0.717) is 6.42 Å². The minimum Gasteiger partial charge on any atom is -0.394 e. The van der Waals surface area contributed by atoms with Crippen LogP contribution in [0.4, 0.5) is 0 Å². The summed E-state index contributed by atoms with van der Waals surface area (Å²) in [6.45, 7) is 3.28. The van der Waals surface area contributed by atoms with Gasteiger partial charge in [-0.05, 0) is 6.42 Å². The summed E-state index contributed by atoms with van der Waals surface area (Å²) >= 11 is 0. The Morgan fingerprint density at radius 1 is 1.20 bits per heavy atom. The van der Waals surface area contributed by atoms with Gasteiger partial charge in [-0.2, -0.15) is 0 Å². The van der Waals surface area contributed by atoms with Crippen LogP contribution in [-0.2, 0) is 0 Å². The Kier molecular flexibility index (Phi) is 4.60. The third-order valence-electron chi connectivity index (χ3n) is 1.82. The zero-order chi connectivity index (χ0) is 8.15. The predicted molar refractivity (Wildman–Crippen MR) is 38.6 cm³/mol. The normalized spacial score (nSPS) is 20.1. The maximum absolute atomic E-state index is 9.16. The summed E-state index contributed by atoms with van der Waals surface area (Å²) in [5, 5.41) is 26.7. The summed E-state index contributed by atoms with van der Waals surface area (Å²) in [6.07, 6.45) is -0.699. The fraction of sp³-hybridized carbons (Fsp3) is 1.00. The summed E-state index contributed by atoms with van der Waals surface area (Å²) in [4.78, 5) is 0. The van der Waals surface area contributed by atoms with Gasteiger partial charge in [-0.3, -0.25) is 0 Å². The first-order valence-electron chi connectivity index (χ1n) is 3.60. The molecule has 3 nitrogen and oxygen atoms in total. The molecule has 0 saturated carbocycles. The average Bonchev–Trinajstić information content (AvgIpc) is 2.00. The second-order valence-corrected chi connectivity index (χ2v) is 2.58. The third kappa shape index (κ3) is 2.64. The van der Waals surface area contributed by atoms with Gasteiger partial charge in [0.25, 0.3) is 0 Å². The van der Waals surface area contributed by atoms with Crippen molar-refractivity contribution in [2.45, 2.75) is 32.5 Å². The molecule has 0 rings (SSSR count). The number of aliphatic hydroxyl groups is 3. The fourth-order valence-corrected chi connectivity index (χ4v) is 0.794. The van der Waals surface area contributed by atoms with Crippen LogP contribution < -0.4 is 0 Å². The van der Waals surface area contributed by atoms with Crippen molar-refractivity contribution < 1.29 is 15.3 Å². The Morgan fingerprint density at radius 2 is 1.70 bits per heavy atom. The van der Waals surface area contributed by atoms with E-state index in [-0.39, 0.29) is 12.5 Å². The fourth-order valence-electron chi connectivity index (χ4n) is 0.794. The highest BCUT2D eigenvalue weighted by Crippen LogP contribution is 2.10. The number of hydrogen-bond donors (Lipinski definition) is 3. The van der Waals surface area contributed by atoms with Gasteiger partial charge in [0.2, 0.25) is 0 Å². The second kappa shape index (κ2) is 4.66. The van der Waals surface area contributed by atoms with Crippen molar-refractivity contribution in [2.24, 2.45) is 5.92 Å². The monoisotopic (exact) mass is 148 g/mol. The lowest BCUT2D eigenvalue weighted by atomic mass is 9.97. The van der Waals surface area contributed by atoms with Crippen LogP contribution in [0.15, 0.2) is 0 Å². The Bertz CT molecular complexity index is 74.9. The molecule has 0 aliphatic rings. The smallest absolute Gasteiger partial charge is 0.0820 e. The first kappa shape index (κ1) is 9.88. The lowest BCUT2D eigenvalue weighted by molar-refractivity contribution is -0.00893. The Labute approximate surface area is 61.3 Å². The first-order chi connectivity index (χ1) is 4.63. The number of aliphatic hydroxyl groups excluding tert-OH is 3. The van der Waals surface area contributed by atoms with Gasteiger partial charge >= 0.3 is 0 Å². The van der Waals surface area contributed by atoms with E-state index in [9.17, 15) is 0 Å². The lowest BCUT2D eigenvalue weighted by Gasteiger charge is -2.20. The summed E-state index contributed by atoms with van der Waals surface area (Å²) in [5.74, 6) is -0.241. The predicted octanol–water partition coefficient (Wildman–Crippen LogP) is -0.253. The quantitative estimate of drug-likeness (QED) is 0.515. The van der Waals surface area contributed by atoms with Gasteiger partial charge < -0.3 is 15.3 Å². The molecule has 0 radical (unpaired) electrons. The summed E-state index contributed by atoms with van der Waals surface area (Å²) in [6, 6.07) is 0. The largest absolute Gasteiger partial charge is 0.394 e. The molecule has 0 bridgehead atoms. The van der Waals surface area contributed by atoms with Crippen LogP contribution in [0.2, 0.25) is 0 Å². The molecule has 0 aromatic carbocycles. The standard InChI is InChI=1S/C7H16O3/c1-3-6(9)5(2)7(10)4-8/h5-10H,3-4H2,1-2H3. The summed E-state index contributed by atoms with van der Waals surface area (Å²) in [7, 11) is 0. The molecule has 0 saturated heterocycles. The van der Waals surface area contributed by atoms with Crippen molar-refractivity contribution in [2.75, 3.05) is 6.61 Å². The van der Waals surface area contributed by atoms with Crippen molar-refractivity contribution >= 4 is 0 Å². The van der Waals surface area contributed by atoms with Crippen LogP contribution in [0.25, 0.3) is 0 Å². The van der Waals surface area contributed by atoms with Gasteiger partial charge in [0, 0.05) is 5.92 Å². The minimum absolute atomic E-state index is 0.241. The maximum Gasteiger partial charge on any atom is 0.0820 e. The van der Waals surface area contributed by atoms with Gasteiger partial charge in [-0.25, -0.2) is 0 Å². The van der Waals surface area contributed by atoms with E-state index in [1.807, 2.05) is 6.92 Å². The highest BCUT2D eigenvalue weighted by atomic mass is 16.3. The van der Waals surface area contributed by atoms with Crippen molar-refractivity contribution in [1.82, 2.24) is 0 Å². The number of hydrogen-bond acceptors (Lipinski definition) is 3. The van der Waals surface area contributed by atoms with Gasteiger partial charge in [-0.15, -0.1) is 0 Å². The highest BCUT2D eigenvalue weighted by molar-refractivity contribution is 4.69. The Morgan fingerprint density at radius 3 is 2.00 bits per heavy atom. The molecule has 0 aliphatic carbocycles. The van der Waals surface area contributed by atoms with Crippen molar-refractivity contribution in [3.05, 3.63) is 0 Å². The van der Waals surface area contributed by atoms with Gasteiger partial charge in [0.1, 0.15) is 0 Å². The van der Waals surface area contributed by atoms with Crippen LogP contribution in [0.3, 0.4) is 0 Å². The van der Waals surface area contributed by atoms with E-state index in [4.69, 9.17) is 15.3 Å². The second-order valence-electron chi connectivity index (χ2n) is 2.58. The van der Waals surface area contributed by atoms with E-state index in [2.05, 4.69) is 0 Å². The molecule has 0 heterocycles. The molecule has 0 amide bonds. The van der Waals surface area contributed by atoms with E-state index in [1.165, 1.54) is 0 Å². The van der Waals surface area contributed by atoms with Crippen LogP contribution >= 0.6 is 0 Å². The third-order valence-corrected chi connectivity index (χ3v) is 1.82. The molecular formula is C7H16O3. The minimum atomic E-state index is -0.796. The average molecular weight is 148 g/mol. The van der Waals surface area contributed by atoms with Gasteiger partial charge in [0.05, 0.1) is 18.8 Å². The molecular weight excluding hydrogens is 132 g/mol. The van der Waals surface area contributed by atoms with E-state index in [1.54, 1.807) is 6.92 Å². The molecule has 62 valence electrons. The first-order valence-corrected chi connectivity index (χ1v) is 3.60. The Balaban J connectivity index is 3.69. The molecule has 0 aromatic heterocycles. The van der Waals surface area contributed by atoms with Crippen molar-refractivity contribution in [1.29, 1.82) is 0 Å². The maximum atomic E-state index is 9.16. The SMILES string of the molecule is CCC(O)C(C)C(O)CO.